The standard InChI is InChI=1S/C11H27N2O2/c1-6-13(7-2,8-3)9-10-15-11(14)12(4)5/h11,14H,6-10H2,1-5H3/q+1. The van der Waals surface area contributed by atoms with Crippen LogP contribution in [0.25, 0.3) is 0 Å². The van der Waals surface area contributed by atoms with Gasteiger partial charge >= 0.3 is 0 Å². The molecule has 15 heavy (non-hydrogen) atoms. The molecule has 0 aliphatic heterocycles. The summed E-state index contributed by atoms with van der Waals surface area (Å²) in [6, 6.07) is 0. The molecule has 0 aliphatic rings. The van der Waals surface area contributed by atoms with Gasteiger partial charge in [0.15, 0.2) is 0 Å². The van der Waals surface area contributed by atoms with E-state index in [0.29, 0.717) is 6.61 Å². The van der Waals surface area contributed by atoms with Crippen molar-refractivity contribution in [1.29, 1.82) is 0 Å². The first-order valence-corrected chi connectivity index (χ1v) is 5.82. The van der Waals surface area contributed by atoms with Gasteiger partial charge in [-0.05, 0) is 34.9 Å². The molecule has 0 rings (SSSR count). The van der Waals surface area contributed by atoms with Crippen LogP contribution in [0.4, 0.5) is 0 Å². The van der Waals surface area contributed by atoms with Crippen molar-refractivity contribution < 1.29 is 14.3 Å². The Labute approximate surface area is 94.0 Å². The fourth-order valence-electron chi connectivity index (χ4n) is 1.65. The van der Waals surface area contributed by atoms with Gasteiger partial charge < -0.3 is 14.3 Å². The number of aliphatic hydroxyl groups excluding tert-OH is 1. The number of quaternary nitrogens is 1. The summed E-state index contributed by atoms with van der Waals surface area (Å²) in [6.45, 7) is 11.5. The van der Waals surface area contributed by atoms with E-state index in [1.165, 1.54) is 0 Å². The van der Waals surface area contributed by atoms with Gasteiger partial charge in [-0.25, -0.2) is 0 Å². The van der Waals surface area contributed by atoms with Crippen LogP contribution in [0.2, 0.25) is 0 Å². The van der Waals surface area contributed by atoms with Crippen LogP contribution in [0, 0.1) is 0 Å². The second-order valence-corrected chi connectivity index (χ2v) is 4.17. The van der Waals surface area contributed by atoms with E-state index in [1.807, 2.05) is 0 Å². The van der Waals surface area contributed by atoms with Crippen molar-refractivity contribution in [3.8, 4) is 0 Å². The average Bonchev–Trinajstić information content (AvgIpc) is 2.24. The minimum atomic E-state index is -0.780. The lowest BCUT2D eigenvalue weighted by atomic mass is 10.3. The first kappa shape index (κ1) is 14.8. The molecule has 92 valence electrons. The number of hydrogen-bond donors (Lipinski definition) is 1. The van der Waals surface area contributed by atoms with Crippen LogP contribution in [0.1, 0.15) is 20.8 Å². The summed E-state index contributed by atoms with van der Waals surface area (Å²) in [6.07, 6.45) is -0.780. The Morgan fingerprint density at radius 3 is 1.93 bits per heavy atom. The maximum Gasteiger partial charge on any atom is 0.215 e. The van der Waals surface area contributed by atoms with Gasteiger partial charge in [-0.2, -0.15) is 0 Å². The molecule has 0 saturated carbocycles. The van der Waals surface area contributed by atoms with E-state index in [4.69, 9.17) is 4.74 Å². The number of likely N-dealkylation sites (N-methyl/N-ethyl adjacent to an activating group) is 1. The van der Waals surface area contributed by atoms with E-state index in [9.17, 15) is 5.11 Å². The first-order valence-electron chi connectivity index (χ1n) is 5.82. The third-order valence-corrected chi connectivity index (χ3v) is 3.29. The summed E-state index contributed by atoms with van der Waals surface area (Å²) in [5.74, 6) is 0. The highest BCUT2D eigenvalue weighted by atomic mass is 16.6. The number of ether oxygens (including phenoxy) is 1. The molecule has 0 spiro atoms. The Hall–Kier alpha value is -0.160. The number of aliphatic hydroxyl groups is 1. The second kappa shape index (κ2) is 7.17. The van der Waals surface area contributed by atoms with Crippen molar-refractivity contribution in [2.24, 2.45) is 0 Å². The van der Waals surface area contributed by atoms with Crippen LogP contribution < -0.4 is 0 Å². The summed E-state index contributed by atoms with van der Waals surface area (Å²) in [4.78, 5) is 1.65. The fourth-order valence-corrected chi connectivity index (χ4v) is 1.65. The average molecular weight is 219 g/mol. The lowest BCUT2D eigenvalue weighted by Gasteiger charge is -2.36. The minimum Gasteiger partial charge on any atom is -0.356 e. The van der Waals surface area contributed by atoms with Gasteiger partial charge in [0.1, 0.15) is 13.2 Å². The topological polar surface area (TPSA) is 32.7 Å². The van der Waals surface area contributed by atoms with Gasteiger partial charge in [0.25, 0.3) is 0 Å². The zero-order valence-corrected chi connectivity index (χ0v) is 10.9. The molecule has 0 saturated heterocycles. The molecular formula is C11H27N2O2+. The number of nitrogens with zero attached hydrogens (tertiary/aromatic N) is 2. The quantitative estimate of drug-likeness (QED) is 0.482. The normalized spacial score (nSPS) is 14.6. The smallest absolute Gasteiger partial charge is 0.215 e. The fraction of sp³-hybridized carbons (Fsp3) is 1.00. The van der Waals surface area contributed by atoms with Gasteiger partial charge in [-0.15, -0.1) is 0 Å². The van der Waals surface area contributed by atoms with E-state index in [0.717, 1.165) is 30.7 Å². The molecule has 1 unspecified atom stereocenters. The van der Waals surface area contributed by atoms with Crippen molar-refractivity contribution in [2.45, 2.75) is 27.2 Å². The van der Waals surface area contributed by atoms with Crippen molar-refractivity contribution >= 4 is 0 Å². The SMILES string of the molecule is CC[N+](CC)(CC)CCOC(O)N(C)C. The molecule has 0 fully saturated rings. The van der Waals surface area contributed by atoms with Gasteiger partial charge in [-0.3, -0.25) is 4.90 Å². The molecule has 1 N–H and O–H groups in total. The maximum atomic E-state index is 9.44. The van der Waals surface area contributed by atoms with Crippen molar-refractivity contribution in [2.75, 3.05) is 46.9 Å². The van der Waals surface area contributed by atoms with Crippen LogP contribution >= 0.6 is 0 Å². The zero-order valence-electron chi connectivity index (χ0n) is 10.9. The Morgan fingerprint density at radius 1 is 1.13 bits per heavy atom. The predicted molar refractivity (Wildman–Crippen MR) is 62.4 cm³/mol. The van der Waals surface area contributed by atoms with Crippen LogP contribution in [-0.2, 0) is 4.74 Å². The van der Waals surface area contributed by atoms with Gasteiger partial charge in [0.2, 0.25) is 6.41 Å². The molecule has 0 amide bonds. The predicted octanol–water partition coefficient (Wildman–Crippen LogP) is 0.717. The number of rotatable bonds is 8. The molecule has 4 heteroatoms. The third-order valence-electron chi connectivity index (χ3n) is 3.29. The van der Waals surface area contributed by atoms with Gasteiger partial charge in [0, 0.05) is 0 Å². The van der Waals surface area contributed by atoms with Crippen molar-refractivity contribution in [3.05, 3.63) is 0 Å². The minimum absolute atomic E-state index is 0.606. The van der Waals surface area contributed by atoms with Crippen LogP contribution in [-0.4, -0.2) is 67.8 Å². The molecular weight excluding hydrogens is 192 g/mol. The summed E-state index contributed by atoms with van der Waals surface area (Å²) in [5, 5.41) is 9.44. The first-order chi connectivity index (χ1) is 7.01. The molecule has 0 bridgehead atoms. The highest BCUT2D eigenvalue weighted by molar-refractivity contribution is 4.40. The van der Waals surface area contributed by atoms with E-state index in [1.54, 1.807) is 19.0 Å². The Balaban J connectivity index is 3.91. The highest BCUT2D eigenvalue weighted by Gasteiger charge is 2.20. The zero-order chi connectivity index (χ0) is 11.9. The number of hydrogen-bond acceptors (Lipinski definition) is 3. The van der Waals surface area contributed by atoms with Crippen LogP contribution in [0.15, 0.2) is 0 Å². The largest absolute Gasteiger partial charge is 0.356 e. The Morgan fingerprint density at radius 2 is 1.60 bits per heavy atom. The monoisotopic (exact) mass is 219 g/mol. The Bertz CT molecular complexity index is 150. The summed E-state index contributed by atoms with van der Waals surface area (Å²) < 4.78 is 6.39. The molecule has 4 nitrogen and oxygen atoms in total. The van der Waals surface area contributed by atoms with E-state index in [-0.39, 0.29) is 0 Å². The van der Waals surface area contributed by atoms with E-state index >= 15 is 0 Å². The van der Waals surface area contributed by atoms with Gasteiger partial charge in [-0.1, -0.05) is 0 Å². The molecule has 0 radical (unpaired) electrons. The summed E-state index contributed by atoms with van der Waals surface area (Å²) >= 11 is 0. The van der Waals surface area contributed by atoms with Crippen molar-refractivity contribution in [1.82, 2.24) is 4.90 Å². The molecule has 0 aromatic carbocycles. The van der Waals surface area contributed by atoms with Gasteiger partial charge in [0.05, 0.1) is 19.6 Å². The molecule has 0 aromatic rings. The lowest BCUT2D eigenvalue weighted by molar-refractivity contribution is -0.923. The molecule has 0 aliphatic carbocycles. The summed E-state index contributed by atoms with van der Waals surface area (Å²) in [7, 11) is 3.60. The van der Waals surface area contributed by atoms with Crippen LogP contribution in [0.5, 0.6) is 0 Å². The second-order valence-electron chi connectivity index (χ2n) is 4.17. The van der Waals surface area contributed by atoms with Crippen molar-refractivity contribution in [3.63, 3.8) is 0 Å². The Kier molecular flexibility index (Phi) is 7.09. The highest BCUT2D eigenvalue weighted by Crippen LogP contribution is 2.05. The van der Waals surface area contributed by atoms with E-state index < -0.39 is 6.41 Å². The molecule has 1 atom stereocenters. The third kappa shape index (κ3) is 4.93. The lowest BCUT2D eigenvalue weighted by Crippen LogP contribution is -2.50. The molecule has 0 aromatic heterocycles. The summed E-state index contributed by atoms with van der Waals surface area (Å²) in [5.41, 5.74) is 0. The maximum absolute atomic E-state index is 9.44. The van der Waals surface area contributed by atoms with E-state index in [2.05, 4.69) is 20.8 Å². The molecule has 0 heterocycles. The van der Waals surface area contributed by atoms with Crippen LogP contribution in [0.3, 0.4) is 0 Å².